The van der Waals surface area contributed by atoms with E-state index in [4.69, 9.17) is 16.3 Å². The molecular formula is C13H15BrClNO2. The van der Waals surface area contributed by atoms with E-state index in [2.05, 4.69) is 21.2 Å². The molecule has 18 heavy (non-hydrogen) atoms. The minimum absolute atomic E-state index is 0.0784. The second kappa shape index (κ2) is 6.55. The third-order valence-electron chi connectivity index (χ3n) is 2.96. The molecule has 1 aliphatic heterocycles. The van der Waals surface area contributed by atoms with Crippen LogP contribution < -0.4 is 5.32 Å². The van der Waals surface area contributed by atoms with Crippen molar-refractivity contribution >= 4 is 33.4 Å². The standard InChI is InChI=1S/C13H15BrClNO2/c14-11-8-9(3-4-12(11)15)13(17)16-6-5-10-2-1-7-18-10/h3-4,8,10H,1-2,5-7H2,(H,16,17). The maximum absolute atomic E-state index is 11.9. The van der Waals surface area contributed by atoms with E-state index in [-0.39, 0.29) is 5.91 Å². The van der Waals surface area contributed by atoms with E-state index in [1.807, 2.05) is 0 Å². The van der Waals surface area contributed by atoms with Crippen LogP contribution in [0.5, 0.6) is 0 Å². The molecule has 1 aromatic carbocycles. The van der Waals surface area contributed by atoms with Crippen molar-refractivity contribution in [3.8, 4) is 0 Å². The highest BCUT2D eigenvalue weighted by Gasteiger charge is 2.15. The van der Waals surface area contributed by atoms with E-state index in [0.29, 0.717) is 23.2 Å². The van der Waals surface area contributed by atoms with Gasteiger partial charge in [-0.2, -0.15) is 0 Å². The first-order valence-corrected chi connectivity index (χ1v) is 7.19. The van der Waals surface area contributed by atoms with Crippen molar-refractivity contribution in [2.24, 2.45) is 0 Å². The molecule has 0 saturated carbocycles. The molecule has 2 rings (SSSR count). The number of rotatable bonds is 4. The zero-order chi connectivity index (χ0) is 13.0. The number of ether oxygens (including phenoxy) is 1. The van der Waals surface area contributed by atoms with Crippen molar-refractivity contribution in [2.75, 3.05) is 13.2 Å². The lowest BCUT2D eigenvalue weighted by atomic mass is 10.1. The van der Waals surface area contributed by atoms with Crippen molar-refractivity contribution < 1.29 is 9.53 Å². The number of carbonyl (C=O) groups is 1. The Kier molecular flexibility index (Phi) is 5.03. The van der Waals surface area contributed by atoms with Crippen LogP contribution in [0.25, 0.3) is 0 Å². The molecule has 1 atom stereocenters. The maximum Gasteiger partial charge on any atom is 0.251 e. The number of nitrogens with one attached hydrogen (secondary N) is 1. The molecule has 1 heterocycles. The molecule has 0 radical (unpaired) electrons. The van der Waals surface area contributed by atoms with E-state index in [1.54, 1.807) is 18.2 Å². The molecule has 1 aliphatic rings. The van der Waals surface area contributed by atoms with Crippen LogP contribution in [-0.4, -0.2) is 25.2 Å². The fourth-order valence-electron chi connectivity index (χ4n) is 1.96. The van der Waals surface area contributed by atoms with E-state index in [1.165, 1.54) is 0 Å². The molecule has 1 aromatic rings. The summed E-state index contributed by atoms with van der Waals surface area (Å²) in [4.78, 5) is 11.9. The smallest absolute Gasteiger partial charge is 0.251 e. The third kappa shape index (κ3) is 3.70. The molecule has 98 valence electrons. The van der Waals surface area contributed by atoms with Crippen molar-refractivity contribution in [2.45, 2.75) is 25.4 Å². The molecule has 0 aliphatic carbocycles. The van der Waals surface area contributed by atoms with Crippen LogP contribution in [0.3, 0.4) is 0 Å². The van der Waals surface area contributed by atoms with E-state index < -0.39 is 0 Å². The summed E-state index contributed by atoms with van der Waals surface area (Å²) in [5.74, 6) is -0.0784. The average molecular weight is 333 g/mol. The summed E-state index contributed by atoms with van der Waals surface area (Å²) in [5.41, 5.74) is 0.610. The van der Waals surface area contributed by atoms with Gasteiger partial charge in [0.1, 0.15) is 0 Å². The van der Waals surface area contributed by atoms with Gasteiger partial charge in [-0.15, -0.1) is 0 Å². The van der Waals surface area contributed by atoms with Gasteiger partial charge in [0.15, 0.2) is 0 Å². The molecule has 1 N–H and O–H groups in total. The zero-order valence-electron chi connectivity index (χ0n) is 9.92. The number of benzene rings is 1. The predicted octanol–water partition coefficient (Wildman–Crippen LogP) is 3.40. The van der Waals surface area contributed by atoms with Crippen molar-refractivity contribution in [3.05, 3.63) is 33.3 Å². The lowest BCUT2D eigenvalue weighted by molar-refractivity contribution is 0.0907. The minimum Gasteiger partial charge on any atom is -0.378 e. The molecule has 3 nitrogen and oxygen atoms in total. The SMILES string of the molecule is O=C(NCCC1CCCO1)c1ccc(Cl)c(Br)c1. The Morgan fingerprint density at radius 1 is 1.56 bits per heavy atom. The third-order valence-corrected chi connectivity index (χ3v) is 4.17. The van der Waals surface area contributed by atoms with E-state index >= 15 is 0 Å². The Morgan fingerprint density at radius 2 is 2.39 bits per heavy atom. The van der Waals surface area contributed by atoms with Gasteiger partial charge in [-0.05, 0) is 53.4 Å². The van der Waals surface area contributed by atoms with Crippen LogP contribution >= 0.6 is 27.5 Å². The Morgan fingerprint density at radius 3 is 3.06 bits per heavy atom. The molecule has 1 unspecified atom stereocenters. The van der Waals surface area contributed by atoms with Crippen molar-refractivity contribution in [1.29, 1.82) is 0 Å². The Balaban J connectivity index is 1.81. The van der Waals surface area contributed by atoms with Crippen LogP contribution in [0, 0.1) is 0 Å². The molecule has 0 spiro atoms. The second-order valence-corrected chi connectivity index (χ2v) is 5.57. The van der Waals surface area contributed by atoms with E-state index in [0.717, 1.165) is 30.3 Å². The first-order chi connectivity index (χ1) is 8.66. The largest absolute Gasteiger partial charge is 0.378 e. The van der Waals surface area contributed by atoms with Crippen LogP contribution in [-0.2, 0) is 4.74 Å². The van der Waals surface area contributed by atoms with Gasteiger partial charge >= 0.3 is 0 Å². The summed E-state index contributed by atoms with van der Waals surface area (Å²) < 4.78 is 6.23. The molecule has 0 bridgehead atoms. The normalized spacial score (nSPS) is 18.9. The molecule has 5 heteroatoms. The highest BCUT2D eigenvalue weighted by molar-refractivity contribution is 9.10. The van der Waals surface area contributed by atoms with Gasteiger partial charge in [0, 0.05) is 23.2 Å². The Bertz CT molecular complexity index is 433. The summed E-state index contributed by atoms with van der Waals surface area (Å²) in [6, 6.07) is 5.15. The highest BCUT2D eigenvalue weighted by Crippen LogP contribution is 2.23. The molecule has 1 amide bonds. The predicted molar refractivity (Wildman–Crippen MR) is 75.1 cm³/mol. The topological polar surface area (TPSA) is 38.3 Å². The summed E-state index contributed by atoms with van der Waals surface area (Å²) in [6.45, 7) is 1.49. The second-order valence-electron chi connectivity index (χ2n) is 4.31. The summed E-state index contributed by atoms with van der Waals surface area (Å²) in [5, 5.41) is 3.49. The van der Waals surface area contributed by atoms with Crippen molar-refractivity contribution in [3.63, 3.8) is 0 Å². The van der Waals surface area contributed by atoms with Crippen molar-refractivity contribution in [1.82, 2.24) is 5.32 Å². The van der Waals surface area contributed by atoms with Gasteiger partial charge in [0.2, 0.25) is 0 Å². The van der Waals surface area contributed by atoms with Gasteiger partial charge in [-0.25, -0.2) is 0 Å². The molecule has 1 saturated heterocycles. The van der Waals surface area contributed by atoms with E-state index in [9.17, 15) is 4.79 Å². The molecule has 0 aromatic heterocycles. The fourth-order valence-corrected chi connectivity index (χ4v) is 2.45. The first-order valence-electron chi connectivity index (χ1n) is 6.01. The lowest BCUT2D eigenvalue weighted by Crippen LogP contribution is -2.27. The zero-order valence-corrected chi connectivity index (χ0v) is 12.3. The number of hydrogen-bond acceptors (Lipinski definition) is 2. The number of hydrogen-bond donors (Lipinski definition) is 1. The molecular weight excluding hydrogens is 318 g/mol. The summed E-state index contributed by atoms with van der Waals surface area (Å²) in [7, 11) is 0. The Hall–Kier alpha value is -0.580. The van der Waals surface area contributed by atoms with Gasteiger partial charge in [-0.1, -0.05) is 11.6 Å². The number of halogens is 2. The van der Waals surface area contributed by atoms with Gasteiger partial charge in [0.25, 0.3) is 5.91 Å². The quantitative estimate of drug-likeness (QED) is 0.917. The fraction of sp³-hybridized carbons (Fsp3) is 0.462. The van der Waals surface area contributed by atoms with Gasteiger partial charge in [-0.3, -0.25) is 4.79 Å². The monoisotopic (exact) mass is 331 g/mol. The average Bonchev–Trinajstić information content (AvgIpc) is 2.85. The van der Waals surface area contributed by atoms with Gasteiger partial charge in [0.05, 0.1) is 11.1 Å². The van der Waals surface area contributed by atoms with Crippen LogP contribution in [0.2, 0.25) is 5.02 Å². The highest BCUT2D eigenvalue weighted by atomic mass is 79.9. The number of carbonyl (C=O) groups excluding carboxylic acids is 1. The number of amides is 1. The lowest BCUT2D eigenvalue weighted by Gasteiger charge is -2.10. The summed E-state index contributed by atoms with van der Waals surface area (Å²) >= 11 is 9.19. The first kappa shape index (κ1) is 13.8. The van der Waals surface area contributed by atoms with Crippen LogP contribution in [0.15, 0.2) is 22.7 Å². The van der Waals surface area contributed by atoms with Crippen LogP contribution in [0.4, 0.5) is 0 Å². The summed E-state index contributed by atoms with van der Waals surface area (Å²) in [6.07, 6.45) is 3.41. The van der Waals surface area contributed by atoms with Crippen LogP contribution in [0.1, 0.15) is 29.6 Å². The minimum atomic E-state index is -0.0784. The molecule has 1 fully saturated rings. The maximum atomic E-state index is 11.9. The Labute approximate surface area is 120 Å². The van der Waals surface area contributed by atoms with Gasteiger partial charge < -0.3 is 10.1 Å².